The molecular weight excluding hydrogens is 252 g/mol. The molecule has 0 unspecified atom stereocenters. The first-order chi connectivity index (χ1) is 8.13. The summed E-state index contributed by atoms with van der Waals surface area (Å²) in [5.74, 6) is 3.09. The van der Waals surface area contributed by atoms with E-state index in [0.717, 1.165) is 27.5 Å². The van der Waals surface area contributed by atoms with Crippen molar-refractivity contribution < 1.29 is 0 Å². The lowest BCUT2D eigenvalue weighted by Gasteiger charge is -2.02. The van der Waals surface area contributed by atoms with Crippen molar-refractivity contribution in [2.45, 2.75) is 19.6 Å². The van der Waals surface area contributed by atoms with Gasteiger partial charge in [-0.05, 0) is 19.4 Å². The van der Waals surface area contributed by atoms with Crippen molar-refractivity contribution >= 4 is 39.1 Å². The molecule has 0 spiro atoms. The Kier molecular flexibility index (Phi) is 3.86. The molecule has 0 aliphatic carbocycles. The number of nitrogens with two attached hydrogens (primary N) is 2. The number of hydrogen-bond donors (Lipinski definition) is 2. The van der Waals surface area contributed by atoms with Gasteiger partial charge in [-0.1, -0.05) is 0 Å². The molecule has 2 rings (SSSR count). The van der Waals surface area contributed by atoms with Gasteiger partial charge in [0.1, 0.15) is 16.5 Å². The van der Waals surface area contributed by atoms with Gasteiger partial charge in [-0.3, -0.25) is 0 Å². The molecule has 0 radical (unpaired) electrons. The standard InChI is InChI=1S/C11H16N4S2/c1-6-7(2)17-11-9(6)10(13)14-8(15-11)5-16-4-3-12/h3-5,12H2,1-2H3,(H2,13,14,15). The van der Waals surface area contributed by atoms with Crippen LogP contribution in [0.1, 0.15) is 16.3 Å². The Morgan fingerprint density at radius 2 is 2.06 bits per heavy atom. The second kappa shape index (κ2) is 5.20. The number of rotatable bonds is 4. The zero-order valence-electron chi connectivity index (χ0n) is 9.99. The lowest BCUT2D eigenvalue weighted by molar-refractivity contribution is 1.07. The summed E-state index contributed by atoms with van der Waals surface area (Å²) in [6.45, 7) is 4.83. The number of hydrogen-bond acceptors (Lipinski definition) is 6. The van der Waals surface area contributed by atoms with Crippen molar-refractivity contribution in [2.24, 2.45) is 5.73 Å². The molecule has 0 amide bonds. The van der Waals surface area contributed by atoms with Crippen LogP contribution in [0.25, 0.3) is 10.2 Å². The number of thiophene rings is 1. The van der Waals surface area contributed by atoms with Gasteiger partial charge in [0.05, 0.1) is 11.1 Å². The molecule has 0 aromatic carbocycles. The topological polar surface area (TPSA) is 77.8 Å². The molecule has 0 fully saturated rings. The molecular formula is C11H16N4S2. The number of fused-ring (bicyclic) bond motifs is 1. The molecule has 0 atom stereocenters. The van der Waals surface area contributed by atoms with E-state index in [2.05, 4.69) is 23.8 Å². The number of anilines is 1. The SMILES string of the molecule is Cc1sc2nc(CSCCN)nc(N)c2c1C. The number of aryl methyl sites for hydroxylation is 2. The average Bonchev–Trinajstić information content (AvgIpc) is 2.55. The average molecular weight is 268 g/mol. The van der Waals surface area contributed by atoms with Crippen LogP contribution >= 0.6 is 23.1 Å². The van der Waals surface area contributed by atoms with E-state index >= 15 is 0 Å². The fraction of sp³-hybridized carbons (Fsp3) is 0.455. The first kappa shape index (κ1) is 12.6. The summed E-state index contributed by atoms with van der Waals surface area (Å²) in [5.41, 5.74) is 12.6. The third-order valence-electron chi connectivity index (χ3n) is 2.60. The molecule has 4 N–H and O–H groups in total. The van der Waals surface area contributed by atoms with Crippen LogP contribution in [-0.2, 0) is 5.75 Å². The Morgan fingerprint density at radius 1 is 1.29 bits per heavy atom. The number of aromatic nitrogens is 2. The van der Waals surface area contributed by atoms with Crippen LogP contribution < -0.4 is 11.5 Å². The Balaban J connectivity index is 2.35. The molecule has 0 aliphatic rings. The summed E-state index contributed by atoms with van der Waals surface area (Å²) < 4.78 is 0. The third kappa shape index (κ3) is 2.53. The van der Waals surface area contributed by atoms with Crippen LogP contribution in [0, 0.1) is 13.8 Å². The molecule has 0 saturated heterocycles. The molecule has 17 heavy (non-hydrogen) atoms. The smallest absolute Gasteiger partial charge is 0.142 e. The van der Waals surface area contributed by atoms with Gasteiger partial charge in [0.15, 0.2) is 0 Å². The summed E-state index contributed by atoms with van der Waals surface area (Å²) in [4.78, 5) is 11.2. The van der Waals surface area contributed by atoms with E-state index in [4.69, 9.17) is 11.5 Å². The molecule has 0 saturated carbocycles. The highest BCUT2D eigenvalue weighted by atomic mass is 32.2. The van der Waals surface area contributed by atoms with Crippen LogP contribution in [0.15, 0.2) is 0 Å². The van der Waals surface area contributed by atoms with Crippen molar-refractivity contribution in [1.29, 1.82) is 0 Å². The summed E-state index contributed by atoms with van der Waals surface area (Å²) >= 11 is 3.41. The lowest BCUT2D eigenvalue weighted by Crippen LogP contribution is -2.03. The summed E-state index contributed by atoms with van der Waals surface area (Å²) in [5, 5.41) is 1.01. The normalized spacial score (nSPS) is 11.2. The zero-order chi connectivity index (χ0) is 12.4. The van der Waals surface area contributed by atoms with Gasteiger partial charge in [0.25, 0.3) is 0 Å². The van der Waals surface area contributed by atoms with Gasteiger partial charge in [0, 0.05) is 17.2 Å². The second-order valence-electron chi connectivity index (χ2n) is 3.83. The predicted molar refractivity (Wildman–Crippen MR) is 76.5 cm³/mol. The third-order valence-corrected chi connectivity index (χ3v) is 4.68. The zero-order valence-corrected chi connectivity index (χ0v) is 11.6. The first-order valence-electron chi connectivity index (χ1n) is 5.43. The van der Waals surface area contributed by atoms with E-state index in [-0.39, 0.29) is 0 Å². The van der Waals surface area contributed by atoms with Crippen molar-refractivity contribution in [3.63, 3.8) is 0 Å². The van der Waals surface area contributed by atoms with Crippen molar-refractivity contribution in [3.05, 3.63) is 16.3 Å². The highest BCUT2D eigenvalue weighted by molar-refractivity contribution is 7.98. The second-order valence-corrected chi connectivity index (χ2v) is 6.14. The molecule has 2 heterocycles. The molecule has 2 aromatic heterocycles. The van der Waals surface area contributed by atoms with E-state index in [1.54, 1.807) is 23.1 Å². The van der Waals surface area contributed by atoms with E-state index in [9.17, 15) is 0 Å². The first-order valence-corrected chi connectivity index (χ1v) is 7.40. The van der Waals surface area contributed by atoms with Crippen LogP contribution in [0.4, 0.5) is 5.82 Å². The van der Waals surface area contributed by atoms with Gasteiger partial charge in [0.2, 0.25) is 0 Å². The maximum Gasteiger partial charge on any atom is 0.142 e. The summed E-state index contributed by atoms with van der Waals surface area (Å²) in [6, 6.07) is 0. The van der Waals surface area contributed by atoms with Crippen LogP contribution in [0.3, 0.4) is 0 Å². The van der Waals surface area contributed by atoms with Gasteiger partial charge in [-0.25, -0.2) is 9.97 Å². The fourth-order valence-electron chi connectivity index (χ4n) is 1.64. The van der Waals surface area contributed by atoms with Gasteiger partial charge >= 0.3 is 0 Å². The van der Waals surface area contributed by atoms with Crippen molar-refractivity contribution in [1.82, 2.24) is 9.97 Å². The summed E-state index contributed by atoms with van der Waals surface area (Å²) in [7, 11) is 0. The Bertz CT molecular complexity index is 536. The van der Waals surface area contributed by atoms with Gasteiger partial charge in [-0.2, -0.15) is 11.8 Å². The largest absolute Gasteiger partial charge is 0.383 e. The van der Waals surface area contributed by atoms with Crippen molar-refractivity contribution in [2.75, 3.05) is 18.0 Å². The van der Waals surface area contributed by atoms with E-state index < -0.39 is 0 Å². The number of nitrogens with zero attached hydrogens (tertiary/aromatic N) is 2. The Morgan fingerprint density at radius 3 is 2.76 bits per heavy atom. The minimum Gasteiger partial charge on any atom is -0.383 e. The molecule has 4 nitrogen and oxygen atoms in total. The Labute approximate surface area is 109 Å². The number of thioether (sulfide) groups is 1. The minimum atomic E-state index is 0.597. The van der Waals surface area contributed by atoms with E-state index in [1.807, 2.05) is 0 Å². The van der Waals surface area contributed by atoms with Crippen LogP contribution in [0.2, 0.25) is 0 Å². The molecule has 2 aromatic rings. The van der Waals surface area contributed by atoms with Crippen LogP contribution in [-0.4, -0.2) is 22.3 Å². The van der Waals surface area contributed by atoms with E-state index in [1.165, 1.54) is 10.4 Å². The molecule has 0 bridgehead atoms. The lowest BCUT2D eigenvalue weighted by atomic mass is 10.2. The number of nitrogen functional groups attached to an aromatic ring is 1. The quantitative estimate of drug-likeness (QED) is 0.830. The highest BCUT2D eigenvalue weighted by Crippen LogP contribution is 2.32. The van der Waals surface area contributed by atoms with Crippen molar-refractivity contribution in [3.8, 4) is 0 Å². The maximum atomic E-state index is 6.00. The maximum absolute atomic E-state index is 6.00. The molecule has 92 valence electrons. The summed E-state index contributed by atoms with van der Waals surface area (Å²) in [6.07, 6.45) is 0. The fourth-order valence-corrected chi connectivity index (χ4v) is 3.32. The minimum absolute atomic E-state index is 0.597. The molecule has 6 heteroatoms. The molecule has 0 aliphatic heterocycles. The van der Waals surface area contributed by atoms with E-state index in [0.29, 0.717) is 12.4 Å². The van der Waals surface area contributed by atoms with Gasteiger partial charge in [-0.15, -0.1) is 11.3 Å². The Hall–Kier alpha value is -0.850. The highest BCUT2D eigenvalue weighted by Gasteiger charge is 2.12. The van der Waals surface area contributed by atoms with Crippen LogP contribution in [0.5, 0.6) is 0 Å². The predicted octanol–water partition coefficient (Wildman–Crippen LogP) is 2.08. The monoisotopic (exact) mass is 268 g/mol. The van der Waals surface area contributed by atoms with Gasteiger partial charge < -0.3 is 11.5 Å².